The van der Waals surface area contributed by atoms with E-state index in [4.69, 9.17) is 18.8 Å². The van der Waals surface area contributed by atoms with Crippen LogP contribution in [-0.2, 0) is 0 Å². The van der Waals surface area contributed by atoms with Gasteiger partial charge in [0.05, 0.1) is 16.4 Å². The predicted molar refractivity (Wildman–Crippen MR) is 180 cm³/mol. The maximum absolute atomic E-state index is 6.73. The summed E-state index contributed by atoms with van der Waals surface area (Å²) in [5, 5.41) is 8.86. The fraction of sp³-hybridized carbons (Fsp3) is 0. The summed E-state index contributed by atoms with van der Waals surface area (Å²) in [6, 6.07) is 42.5. The van der Waals surface area contributed by atoms with Crippen LogP contribution in [0, 0.1) is 0 Å². The van der Waals surface area contributed by atoms with Crippen molar-refractivity contribution in [2.24, 2.45) is 0 Å². The number of para-hydroxylation sites is 2. The van der Waals surface area contributed by atoms with E-state index in [1.807, 2.05) is 18.2 Å². The van der Waals surface area contributed by atoms with Crippen molar-refractivity contribution in [2.75, 3.05) is 0 Å². The number of fused-ring (bicyclic) bond motifs is 13. The summed E-state index contributed by atoms with van der Waals surface area (Å²) in [5.74, 6) is 0. The van der Waals surface area contributed by atoms with Gasteiger partial charge < -0.3 is 8.83 Å². The van der Waals surface area contributed by atoms with Crippen molar-refractivity contribution < 1.29 is 8.83 Å². The van der Waals surface area contributed by atoms with E-state index in [0.717, 1.165) is 87.9 Å². The molecule has 10 aromatic rings. The average molecular weight is 563 g/mol. The number of hydrogen-bond donors (Lipinski definition) is 0. The molecule has 0 aliphatic heterocycles. The summed E-state index contributed by atoms with van der Waals surface area (Å²) in [6.07, 6.45) is 3.55. The van der Waals surface area contributed by atoms with Crippen LogP contribution in [0.3, 0.4) is 0 Å². The Morgan fingerprint density at radius 2 is 1.05 bits per heavy atom. The molecule has 4 heteroatoms. The van der Waals surface area contributed by atoms with Crippen LogP contribution in [0.25, 0.3) is 98.7 Å². The second kappa shape index (κ2) is 8.76. The number of nitrogens with zero attached hydrogens (tertiary/aromatic N) is 2. The molecule has 0 amide bonds. The molecule has 3 heterocycles. The number of rotatable bonds is 2. The first kappa shape index (κ1) is 23.6. The van der Waals surface area contributed by atoms with Crippen LogP contribution in [0.2, 0.25) is 0 Å². The highest BCUT2D eigenvalue weighted by atomic mass is 16.3. The molecule has 0 bridgehead atoms. The smallest absolute Gasteiger partial charge is 0.147 e. The second-order valence-corrected chi connectivity index (χ2v) is 11.3. The summed E-state index contributed by atoms with van der Waals surface area (Å²) < 4.78 is 12.9. The Hall–Kier alpha value is -6.00. The highest BCUT2D eigenvalue weighted by Gasteiger charge is 2.18. The van der Waals surface area contributed by atoms with Gasteiger partial charge in [0.25, 0.3) is 0 Å². The Kier molecular flexibility index (Phi) is 4.69. The molecule has 0 saturated carbocycles. The first-order valence-electron chi connectivity index (χ1n) is 14.7. The topological polar surface area (TPSA) is 52.1 Å². The lowest BCUT2D eigenvalue weighted by Gasteiger charge is -2.11. The van der Waals surface area contributed by atoms with E-state index in [1.165, 1.54) is 10.8 Å². The molecule has 0 saturated heterocycles. The summed E-state index contributed by atoms with van der Waals surface area (Å²) >= 11 is 0. The van der Waals surface area contributed by atoms with Crippen LogP contribution in [0.15, 0.2) is 143 Å². The van der Waals surface area contributed by atoms with Gasteiger partial charge in [0.1, 0.15) is 22.3 Å². The minimum absolute atomic E-state index is 0.836. The molecule has 204 valence electrons. The maximum Gasteiger partial charge on any atom is 0.147 e. The van der Waals surface area contributed by atoms with Gasteiger partial charge in [0.15, 0.2) is 0 Å². The van der Waals surface area contributed by atoms with Crippen molar-refractivity contribution in [3.05, 3.63) is 134 Å². The zero-order chi connectivity index (χ0) is 28.8. The van der Waals surface area contributed by atoms with Gasteiger partial charge >= 0.3 is 0 Å². The van der Waals surface area contributed by atoms with Crippen LogP contribution in [0.4, 0.5) is 0 Å². The molecular weight excluding hydrogens is 540 g/mol. The van der Waals surface area contributed by atoms with Crippen molar-refractivity contribution >= 4 is 76.5 Å². The molecule has 0 aliphatic carbocycles. The van der Waals surface area contributed by atoms with Gasteiger partial charge in [0.2, 0.25) is 0 Å². The van der Waals surface area contributed by atoms with Crippen LogP contribution in [0.5, 0.6) is 0 Å². The average Bonchev–Trinajstić information content (AvgIpc) is 3.67. The van der Waals surface area contributed by atoms with Gasteiger partial charge in [0, 0.05) is 44.9 Å². The molecule has 0 fully saturated rings. The van der Waals surface area contributed by atoms with E-state index in [0.29, 0.717) is 0 Å². The largest absolute Gasteiger partial charge is 0.456 e. The first-order chi connectivity index (χ1) is 21.8. The molecule has 0 radical (unpaired) electrons. The van der Waals surface area contributed by atoms with Gasteiger partial charge in [-0.3, -0.25) is 9.97 Å². The Morgan fingerprint density at radius 3 is 1.95 bits per heavy atom. The molecule has 0 N–H and O–H groups in total. The minimum Gasteiger partial charge on any atom is -0.456 e. The third-order valence-corrected chi connectivity index (χ3v) is 8.96. The molecule has 3 aromatic heterocycles. The maximum atomic E-state index is 6.73. The highest BCUT2D eigenvalue weighted by Crippen LogP contribution is 2.42. The molecule has 0 atom stereocenters. The molecule has 7 aromatic carbocycles. The predicted octanol–water partition coefficient (Wildman–Crippen LogP) is 11.1. The lowest BCUT2D eigenvalue weighted by molar-refractivity contribution is 0.663. The lowest BCUT2D eigenvalue weighted by atomic mass is 9.94. The van der Waals surface area contributed by atoms with Crippen molar-refractivity contribution in [1.29, 1.82) is 0 Å². The van der Waals surface area contributed by atoms with E-state index >= 15 is 0 Å². The van der Waals surface area contributed by atoms with Crippen molar-refractivity contribution in [3.8, 4) is 22.3 Å². The summed E-state index contributed by atoms with van der Waals surface area (Å²) in [4.78, 5) is 9.49. The first-order valence-corrected chi connectivity index (χ1v) is 14.7. The fourth-order valence-electron chi connectivity index (χ4n) is 6.97. The van der Waals surface area contributed by atoms with Gasteiger partial charge in [-0.2, -0.15) is 0 Å². The van der Waals surface area contributed by atoms with Crippen molar-refractivity contribution in [1.82, 2.24) is 9.97 Å². The Labute approximate surface area is 250 Å². The zero-order valence-electron chi connectivity index (χ0n) is 23.4. The van der Waals surface area contributed by atoms with Crippen molar-refractivity contribution in [3.63, 3.8) is 0 Å². The molecule has 0 aliphatic rings. The monoisotopic (exact) mass is 562 g/mol. The van der Waals surface area contributed by atoms with E-state index in [-0.39, 0.29) is 0 Å². The standard InChI is InChI=1S/C40H22N2O2/c1-2-10-29-27(9-1)28-16-15-24(22-33(28)38-37(29)41-19-20-42-38)23-7-5-8-25(21-23)26-12-6-13-30-31-17-18-35-36(40(31)44-39(26)30)32-11-3-4-14-34(32)43-35/h1-22H. The Morgan fingerprint density at radius 1 is 0.386 bits per heavy atom. The zero-order valence-corrected chi connectivity index (χ0v) is 23.4. The van der Waals surface area contributed by atoms with Crippen molar-refractivity contribution in [2.45, 2.75) is 0 Å². The molecule has 0 spiro atoms. The number of furan rings is 2. The minimum atomic E-state index is 0.836. The number of hydrogen-bond acceptors (Lipinski definition) is 4. The number of aromatic nitrogens is 2. The summed E-state index contributed by atoms with van der Waals surface area (Å²) in [5.41, 5.74) is 9.71. The Bertz CT molecular complexity index is 2750. The molecule has 10 rings (SSSR count). The van der Waals surface area contributed by atoms with E-state index in [9.17, 15) is 0 Å². The fourth-order valence-corrected chi connectivity index (χ4v) is 6.97. The Balaban J connectivity index is 1.18. The second-order valence-electron chi connectivity index (χ2n) is 11.3. The number of benzene rings is 7. The van der Waals surface area contributed by atoms with Crippen LogP contribution < -0.4 is 0 Å². The van der Waals surface area contributed by atoms with E-state index < -0.39 is 0 Å². The third-order valence-electron chi connectivity index (χ3n) is 8.96. The van der Waals surface area contributed by atoms with Gasteiger partial charge in [-0.05, 0) is 57.8 Å². The summed E-state index contributed by atoms with van der Waals surface area (Å²) in [6.45, 7) is 0. The third kappa shape index (κ3) is 3.22. The molecule has 44 heavy (non-hydrogen) atoms. The van der Waals surface area contributed by atoms with Crippen LogP contribution in [0.1, 0.15) is 0 Å². The molecular formula is C40H22N2O2. The van der Waals surface area contributed by atoms with Gasteiger partial charge in [-0.25, -0.2) is 0 Å². The van der Waals surface area contributed by atoms with Gasteiger partial charge in [-0.15, -0.1) is 0 Å². The lowest BCUT2D eigenvalue weighted by Crippen LogP contribution is -1.89. The van der Waals surface area contributed by atoms with E-state index in [1.54, 1.807) is 12.4 Å². The van der Waals surface area contributed by atoms with E-state index in [2.05, 4.69) is 103 Å². The highest BCUT2D eigenvalue weighted by molar-refractivity contribution is 6.24. The SMILES string of the molecule is c1cc(-c2ccc3c4ccccc4c4nccnc4c3c2)cc(-c2cccc3c2oc2c3ccc3oc4ccccc4c32)c1. The van der Waals surface area contributed by atoms with Crippen LogP contribution in [-0.4, -0.2) is 9.97 Å². The molecule has 0 unspecified atom stereocenters. The van der Waals surface area contributed by atoms with Crippen LogP contribution >= 0.6 is 0 Å². The quantitative estimate of drug-likeness (QED) is 0.197. The van der Waals surface area contributed by atoms with Gasteiger partial charge in [-0.1, -0.05) is 91.0 Å². The molecule has 4 nitrogen and oxygen atoms in total. The normalized spacial score (nSPS) is 12.1. The summed E-state index contributed by atoms with van der Waals surface area (Å²) in [7, 11) is 0.